The van der Waals surface area contributed by atoms with E-state index >= 15 is 0 Å². The minimum absolute atomic E-state index is 0. The number of carbonyl (C=O) groups excluding carboxylic acids is 1. The Morgan fingerprint density at radius 1 is 0.868 bits per heavy atom. The molecule has 1 N–H and O–H groups in total. The number of rotatable bonds is 18. The van der Waals surface area contributed by atoms with Gasteiger partial charge in [-0.15, -0.1) is 28.7 Å². The average molecular weight is 604 g/mol. The highest BCUT2D eigenvalue weighted by molar-refractivity contribution is 8.93. The van der Waals surface area contributed by atoms with Crippen LogP contribution in [0, 0.1) is 0 Å². The molecule has 0 aromatic heterocycles. The Kier molecular flexibility index (Phi) is 16.3. The lowest BCUT2D eigenvalue weighted by atomic mass is 10.1. The second-order valence-corrected chi connectivity index (χ2v) is 11.0. The lowest BCUT2D eigenvalue weighted by Crippen LogP contribution is -2.19. The Morgan fingerprint density at radius 3 is 2.08 bits per heavy atom. The van der Waals surface area contributed by atoms with Gasteiger partial charge >= 0.3 is 0 Å². The van der Waals surface area contributed by atoms with Crippen molar-refractivity contribution in [1.82, 2.24) is 4.90 Å². The molecule has 2 aromatic rings. The van der Waals surface area contributed by atoms with Crippen molar-refractivity contribution in [2.75, 3.05) is 17.8 Å². The Balaban J connectivity index is 0.00000507. The van der Waals surface area contributed by atoms with Gasteiger partial charge in [0.25, 0.3) is 5.91 Å². The standard InChI is InChI=1S/C32H46N2O2S.BrH/c1-3-4-5-6-7-8-9-10-11-12-13-16-23-36-30-21-19-28(20-22-30)32(35)33-31-18-15-14-17-29(31)24-34-26-37-25-27(34)2;/h14-15,17-22,25H,3-13,16,23-24,26H2,1-2H3,(H,33,35);1H. The van der Waals surface area contributed by atoms with Crippen molar-refractivity contribution < 1.29 is 9.53 Å². The van der Waals surface area contributed by atoms with E-state index in [4.69, 9.17) is 4.74 Å². The van der Waals surface area contributed by atoms with Gasteiger partial charge in [-0.25, -0.2) is 0 Å². The molecule has 0 unspecified atom stereocenters. The van der Waals surface area contributed by atoms with Crippen molar-refractivity contribution in [1.29, 1.82) is 0 Å². The predicted octanol–water partition coefficient (Wildman–Crippen LogP) is 9.96. The molecule has 3 rings (SSSR count). The molecule has 38 heavy (non-hydrogen) atoms. The smallest absolute Gasteiger partial charge is 0.255 e. The van der Waals surface area contributed by atoms with Crippen molar-refractivity contribution >= 4 is 40.3 Å². The first-order valence-corrected chi connectivity index (χ1v) is 15.4. The number of nitrogens with zero attached hydrogens (tertiary/aromatic N) is 1. The zero-order chi connectivity index (χ0) is 26.1. The molecule has 0 atom stereocenters. The maximum Gasteiger partial charge on any atom is 0.255 e. The van der Waals surface area contributed by atoms with Crippen LogP contribution in [0.15, 0.2) is 59.6 Å². The number of carbonyl (C=O) groups is 1. The van der Waals surface area contributed by atoms with E-state index in [0.29, 0.717) is 5.56 Å². The number of nitrogens with one attached hydrogen (secondary N) is 1. The molecule has 0 aliphatic carbocycles. The van der Waals surface area contributed by atoms with Crippen molar-refractivity contribution in [2.24, 2.45) is 0 Å². The summed E-state index contributed by atoms with van der Waals surface area (Å²) in [5.41, 5.74) is 3.89. The van der Waals surface area contributed by atoms with E-state index in [-0.39, 0.29) is 22.9 Å². The van der Waals surface area contributed by atoms with E-state index < -0.39 is 0 Å². The molecule has 0 spiro atoms. The highest BCUT2D eigenvalue weighted by Crippen LogP contribution is 2.27. The third-order valence-corrected chi connectivity index (χ3v) is 7.96. The molecule has 1 aliphatic rings. The van der Waals surface area contributed by atoms with Crippen LogP contribution < -0.4 is 10.1 Å². The SMILES string of the molecule is Br.CCCCCCCCCCCCCCOc1ccc(C(=O)Nc2ccccc2CN2CSC=C2C)cc1. The molecule has 1 amide bonds. The molecular formula is C32H47BrN2O2S. The summed E-state index contributed by atoms with van der Waals surface area (Å²) < 4.78 is 5.91. The minimum Gasteiger partial charge on any atom is -0.494 e. The highest BCUT2D eigenvalue weighted by Gasteiger charge is 2.15. The molecule has 210 valence electrons. The van der Waals surface area contributed by atoms with Gasteiger partial charge in [0.05, 0.1) is 12.5 Å². The number of para-hydroxylation sites is 1. The van der Waals surface area contributed by atoms with Crippen LogP contribution in [0.4, 0.5) is 5.69 Å². The summed E-state index contributed by atoms with van der Waals surface area (Å²) in [6.07, 6.45) is 16.1. The number of halogens is 1. The summed E-state index contributed by atoms with van der Waals surface area (Å²) in [6.45, 7) is 5.93. The van der Waals surface area contributed by atoms with Crippen LogP contribution in [-0.2, 0) is 6.54 Å². The van der Waals surface area contributed by atoms with Crippen LogP contribution in [0.2, 0.25) is 0 Å². The third-order valence-electron chi connectivity index (χ3n) is 6.99. The van der Waals surface area contributed by atoms with Gasteiger partial charge in [0, 0.05) is 23.5 Å². The average Bonchev–Trinajstić information content (AvgIpc) is 3.32. The van der Waals surface area contributed by atoms with Crippen LogP contribution in [0.25, 0.3) is 0 Å². The second kappa shape index (κ2) is 19.2. The maximum absolute atomic E-state index is 12.9. The quantitative estimate of drug-likeness (QED) is 0.172. The number of benzene rings is 2. The fourth-order valence-corrected chi connectivity index (χ4v) is 5.55. The van der Waals surface area contributed by atoms with Crippen LogP contribution in [0.1, 0.15) is 107 Å². The molecule has 0 saturated heterocycles. The molecular weight excluding hydrogens is 556 g/mol. The van der Waals surface area contributed by atoms with Crippen LogP contribution in [-0.4, -0.2) is 23.3 Å². The molecule has 0 fully saturated rings. The maximum atomic E-state index is 12.9. The summed E-state index contributed by atoms with van der Waals surface area (Å²) in [7, 11) is 0. The second-order valence-electron chi connectivity index (χ2n) is 10.1. The van der Waals surface area contributed by atoms with Crippen molar-refractivity contribution in [3.05, 3.63) is 70.8 Å². The monoisotopic (exact) mass is 602 g/mol. The zero-order valence-corrected chi connectivity index (χ0v) is 25.9. The molecule has 6 heteroatoms. The van der Waals surface area contributed by atoms with Crippen LogP contribution in [0.3, 0.4) is 0 Å². The van der Waals surface area contributed by atoms with Gasteiger partial charge in [-0.05, 0) is 54.6 Å². The lowest BCUT2D eigenvalue weighted by molar-refractivity contribution is 0.102. The van der Waals surface area contributed by atoms with Gasteiger partial charge in [0.15, 0.2) is 0 Å². The molecule has 0 radical (unpaired) electrons. The number of hydrogen-bond acceptors (Lipinski definition) is 4. The number of allylic oxidation sites excluding steroid dienone is 1. The summed E-state index contributed by atoms with van der Waals surface area (Å²) in [4.78, 5) is 15.2. The number of anilines is 1. The Morgan fingerprint density at radius 2 is 1.47 bits per heavy atom. The first kappa shape index (κ1) is 32.3. The fourth-order valence-electron chi connectivity index (χ4n) is 4.61. The molecule has 4 nitrogen and oxygen atoms in total. The molecule has 1 aliphatic heterocycles. The van der Waals surface area contributed by atoms with Crippen molar-refractivity contribution in [3.63, 3.8) is 0 Å². The minimum atomic E-state index is -0.0944. The van der Waals surface area contributed by atoms with Gasteiger partial charge < -0.3 is 15.0 Å². The van der Waals surface area contributed by atoms with Crippen LogP contribution in [0.5, 0.6) is 5.75 Å². The predicted molar refractivity (Wildman–Crippen MR) is 169 cm³/mol. The summed E-state index contributed by atoms with van der Waals surface area (Å²) in [5.74, 6) is 1.69. The number of unbranched alkanes of at least 4 members (excludes halogenated alkanes) is 11. The normalized spacial score (nSPS) is 12.7. The Bertz CT molecular complexity index is 964. The van der Waals surface area contributed by atoms with E-state index in [0.717, 1.165) is 42.4 Å². The van der Waals surface area contributed by atoms with E-state index in [2.05, 4.69) is 35.5 Å². The van der Waals surface area contributed by atoms with E-state index in [1.807, 2.05) is 54.2 Å². The number of hydrogen-bond donors (Lipinski definition) is 1. The molecule has 1 heterocycles. The topological polar surface area (TPSA) is 41.6 Å². The molecule has 0 bridgehead atoms. The number of thioether (sulfide) groups is 1. The highest BCUT2D eigenvalue weighted by atomic mass is 79.9. The Hall–Kier alpha value is -1.92. The largest absolute Gasteiger partial charge is 0.494 e. The van der Waals surface area contributed by atoms with Gasteiger partial charge in [0.1, 0.15) is 5.75 Å². The van der Waals surface area contributed by atoms with Gasteiger partial charge in [0.2, 0.25) is 0 Å². The van der Waals surface area contributed by atoms with E-state index in [1.54, 1.807) is 0 Å². The molecule has 0 saturated carbocycles. The number of amides is 1. The van der Waals surface area contributed by atoms with Crippen molar-refractivity contribution in [2.45, 2.75) is 97.4 Å². The third kappa shape index (κ3) is 11.9. The molecule has 2 aromatic carbocycles. The number of ether oxygens (including phenoxy) is 1. The first-order chi connectivity index (χ1) is 18.2. The summed E-state index contributed by atoms with van der Waals surface area (Å²) in [5, 5.41) is 5.28. The zero-order valence-electron chi connectivity index (χ0n) is 23.4. The van der Waals surface area contributed by atoms with Gasteiger partial charge in [-0.2, -0.15) is 0 Å². The van der Waals surface area contributed by atoms with E-state index in [1.165, 1.54) is 76.3 Å². The first-order valence-electron chi connectivity index (χ1n) is 14.3. The van der Waals surface area contributed by atoms with Crippen molar-refractivity contribution in [3.8, 4) is 5.75 Å². The van der Waals surface area contributed by atoms with Crippen LogP contribution >= 0.6 is 28.7 Å². The summed E-state index contributed by atoms with van der Waals surface area (Å²) in [6, 6.07) is 15.5. The van der Waals surface area contributed by atoms with Gasteiger partial charge in [-0.1, -0.05) is 95.8 Å². The van der Waals surface area contributed by atoms with Gasteiger partial charge in [-0.3, -0.25) is 4.79 Å². The fraction of sp³-hybridized carbons (Fsp3) is 0.531. The lowest BCUT2D eigenvalue weighted by Gasteiger charge is -2.21. The van der Waals surface area contributed by atoms with E-state index in [9.17, 15) is 4.79 Å². The summed E-state index contributed by atoms with van der Waals surface area (Å²) >= 11 is 1.81. The Labute approximate surface area is 245 Å².